The number of benzene rings is 3. The molecule has 0 spiro atoms. The molecule has 0 bridgehead atoms. The molecule has 0 saturated heterocycles. The molecule has 0 fully saturated rings. The van der Waals surface area contributed by atoms with Crippen molar-refractivity contribution >= 4 is 80.8 Å². The SMILES string of the molecule is CCC[As](CCC)c1ccc(P(c2ccc([As](CCC)CCC)cc2)c2ccc([As](CCC)CCC)cc2)cc1. The van der Waals surface area contributed by atoms with Crippen LogP contribution in [0.25, 0.3) is 0 Å². The Kier molecular flexibility index (Phi) is 16.4. The van der Waals surface area contributed by atoms with Crippen molar-refractivity contribution in [2.75, 3.05) is 0 Å². The summed E-state index contributed by atoms with van der Waals surface area (Å²) in [6.45, 7) is 14.2. The van der Waals surface area contributed by atoms with Crippen LogP contribution in [0.15, 0.2) is 72.8 Å². The van der Waals surface area contributed by atoms with Crippen molar-refractivity contribution in [3.8, 4) is 0 Å². The first-order valence-electron chi connectivity index (χ1n) is 15.9. The topological polar surface area (TPSA) is 0 Å². The van der Waals surface area contributed by atoms with Gasteiger partial charge in [0.2, 0.25) is 0 Å². The van der Waals surface area contributed by atoms with Crippen LogP contribution in [0.3, 0.4) is 0 Å². The van der Waals surface area contributed by atoms with Gasteiger partial charge >= 0.3 is 265 Å². The fourth-order valence-electron chi connectivity index (χ4n) is 5.61. The maximum atomic E-state index is 2.52. The van der Waals surface area contributed by atoms with Gasteiger partial charge in [-0.1, -0.05) is 0 Å². The Morgan fingerprint density at radius 2 is 0.550 bits per heavy atom. The molecule has 0 aromatic heterocycles. The molecule has 0 atom stereocenters. The van der Waals surface area contributed by atoms with Gasteiger partial charge < -0.3 is 0 Å². The molecular formula is C36H54As3P. The summed E-state index contributed by atoms with van der Waals surface area (Å²) in [5.41, 5.74) is 0. The van der Waals surface area contributed by atoms with Gasteiger partial charge in [-0.05, 0) is 0 Å². The normalized spacial score (nSPS) is 11.8. The van der Waals surface area contributed by atoms with E-state index >= 15 is 0 Å². The molecule has 218 valence electrons. The van der Waals surface area contributed by atoms with E-state index in [1.165, 1.54) is 85.7 Å². The first-order chi connectivity index (χ1) is 19.6. The van der Waals surface area contributed by atoms with E-state index in [2.05, 4.69) is 114 Å². The van der Waals surface area contributed by atoms with E-state index < -0.39 is 51.9 Å². The Morgan fingerprint density at radius 3 is 0.725 bits per heavy atom. The van der Waals surface area contributed by atoms with Crippen LogP contribution in [0, 0.1) is 0 Å². The van der Waals surface area contributed by atoms with Crippen molar-refractivity contribution in [1.82, 2.24) is 0 Å². The molecule has 3 rings (SSSR count). The minimum absolute atomic E-state index is 0.540. The first kappa shape index (κ1) is 34.3. The predicted molar refractivity (Wildman–Crippen MR) is 192 cm³/mol. The summed E-state index contributed by atoms with van der Waals surface area (Å²) in [6.07, 6.45) is 7.97. The van der Waals surface area contributed by atoms with Crippen molar-refractivity contribution < 1.29 is 0 Å². The van der Waals surface area contributed by atoms with Crippen LogP contribution in [0.1, 0.15) is 80.1 Å². The number of hydrogen-bond donors (Lipinski definition) is 0. The average Bonchev–Trinajstić information content (AvgIpc) is 2.98. The van der Waals surface area contributed by atoms with Crippen molar-refractivity contribution in [2.24, 2.45) is 0 Å². The second-order valence-corrected chi connectivity index (χ2v) is 28.7. The van der Waals surface area contributed by atoms with E-state index in [-0.39, 0.29) is 0 Å². The van der Waals surface area contributed by atoms with Crippen LogP contribution in [0.5, 0.6) is 0 Å². The third kappa shape index (κ3) is 9.91. The zero-order chi connectivity index (χ0) is 28.7. The van der Waals surface area contributed by atoms with Gasteiger partial charge in [0.15, 0.2) is 0 Å². The van der Waals surface area contributed by atoms with Crippen LogP contribution in [-0.2, 0) is 0 Å². The third-order valence-corrected chi connectivity index (χ3v) is 28.7. The van der Waals surface area contributed by atoms with Gasteiger partial charge in [-0.2, -0.15) is 0 Å². The minimum atomic E-state index is -0.916. The maximum absolute atomic E-state index is 2.52. The van der Waals surface area contributed by atoms with E-state index in [0.29, 0.717) is 0 Å². The first-order valence-corrected chi connectivity index (χ1v) is 28.1. The van der Waals surface area contributed by atoms with Crippen molar-refractivity contribution in [2.45, 2.75) is 111 Å². The zero-order valence-electron chi connectivity index (χ0n) is 26.2. The average molecular weight is 743 g/mol. The quantitative estimate of drug-likeness (QED) is 0.0916. The molecule has 4 heteroatoms. The fraction of sp³-hybridized carbons (Fsp3) is 0.500. The van der Waals surface area contributed by atoms with Gasteiger partial charge in [-0.25, -0.2) is 0 Å². The molecule has 0 heterocycles. The summed E-state index contributed by atoms with van der Waals surface area (Å²) >= 11 is -2.75. The molecule has 0 amide bonds. The van der Waals surface area contributed by atoms with E-state index in [9.17, 15) is 0 Å². The monoisotopic (exact) mass is 742 g/mol. The Balaban J connectivity index is 2.00. The summed E-state index contributed by atoms with van der Waals surface area (Å²) in [5, 5.41) is 13.2. The summed E-state index contributed by atoms with van der Waals surface area (Å²) in [5.74, 6) is 0. The van der Waals surface area contributed by atoms with Gasteiger partial charge in [-0.15, -0.1) is 0 Å². The Labute approximate surface area is 263 Å². The second-order valence-electron chi connectivity index (χ2n) is 10.8. The van der Waals surface area contributed by atoms with Gasteiger partial charge in [0, 0.05) is 0 Å². The molecule has 0 N–H and O–H groups in total. The molecule has 3 aromatic rings. The molecule has 0 radical (unpaired) electrons. The number of rotatable bonds is 18. The van der Waals surface area contributed by atoms with E-state index in [0.717, 1.165) is 0 Å². The predicted octanol–water partition coefficient (Wildman–Crippen LogP) is 8.01. The van der Waals surface area contributed by atoms with E-state index in [1.54, 1.807) is 13.1 Å². The second kappa shape index (κ2) is 19.1. The van der Waals surface area contributed by atoms with Crippen molar-refractivity contribution in [3.05, 3.63) is 72.8 Å². The van der Waals surface area contributed by atoms with Crippen LogP contribution in [-0.4, -0.2) is 44.0 Å². The van der Waals surface area contributed by atoms with Gasteiger partial charge in [0.25, 0.3) is 0 Å². The summed E-state index contributed by atoms with van der Waals surface area (Å²) < 4.78 is 5.05. The zero-order valence-corrected chi connectivity index (χ0v) is 32.7. The molecule has 0 aliphatic carbocycles. The standard InChI is InChI=1S/C36H54As3P/c1-7-25-37(26-8-2)31-13-19-34(20-14-31)40(35-21-15-32(16-22-35)38(27-9-3)28-10-4)36-23-17-33(18-24-36)39(29-11-5)30-12-6/h13-24H,7-12,25-30H2,1-6H3. The molecule has 0 nitrogen and oxygen atoms in total. The Bertz CT molecular complexity index is 919. The van der Waals surface area contributed by atoms with Crippen LogP contribution < -0.4 is 29.0 Å². The molecule has 3 aromatic carbocycles. The van der Waals surface area contributed by atoms with E-state index in [4.69, 9.17) is 0 Å². The molecule has 40 heavy (non-hydrogen) atoms. The summed E-state index contributed by atoms with van der Waals surface area (Å²) in [6, 6.07) is 30.2. The molecule has 0 saturated carbocycles. The third-order valence-electron chi connectivity index (χ3n) is 7.38. The number of hydrogen-bond acceptors (Lipinski definition) is 0. The van der Waals surface area contributed by atoms with E-state index in [1.807, 2.05) is 0 Å². The molecule has 0 aliphatic rings. The van der Waals surface area contributed by atoms with Crippen molar-refractivity contribution in [3.63, 3.8) is 0 Å². The van der Waals surface area contributed by atoms with Crippen LogP contribution >= 0.6 is 7.92 Å². The summed E-state index contributed by atoms with van der Waals surface area (Å²) in [4.78, 5) is 0. The van der Waals surface area contributed by atoms with Gasteiger partial charge in [0.05, 0.1) is 0 Å². The van der Waals surface area contributed by atoms with Gasteiger partial charge in [0.1, 0.15) is 0 Å². The fourth-order valence-corrected chi connectivity index (χ4v) is 22.9. The molecule has 0 aliphatic heterocycles. The molecule has 0 unspecified atom stereocenters. The Hall–Kier alpha value is -0.235. The molecular weight excluding hydrogens is 688 g/mol. The van der Waals surface area contributed by atoms with Crippen LogP contribution in [0.2, 0.25) is 31.3 Å². The van der Waals surface area contributed by atoms with Crippen LogP contribution in [0.4, 0.5) is 0 Å². The Morgan fingerprint density at radius 1 is 0.350 bits per heavy atom. The van der Waals surface area contributed by atoms with Gasteiger partial charge in [-0.3, -0.25) is 0 Å². The summed E-state index contributed by atoms with van der Waals surface area (Å²) in [7, 11) is -0.540. The van der Waals surface area contributed by atoms with Crippen molar-refractivity contribution in [1.29, 1.82) is 0 Å².